The summed E-state index contributed by atoms with van der Waals surface area (Å²) in [5.41, 5.74) is 0. The van der Waals surface area contributed by atoms with Crippen LogP contribution in [0.1, 0.15) is 355 Å². The average molecular weight is 1290 g/mol. The van der Waals surface area contributed by atoms with E-state index in [1.54, 1.807) is 6.08 Å². The van der Waals surface area contributed by atoms with E-state index in [0.717, 1.165) is 89.9 Å². The zero-order valence-electron chi connectivity index (χ0n) is 59.7. The molecule has 0 bridgehead atoms. The van der Waals surface area contributed by atoms with Crippen LogP contribution in [-0.4, -0.2) is 99.6 Å². The molecule has 534 valence electrons. The van der Waals surface area contributed by atoms with Crippen molar-refractivity contribution in [2.24, 2.45) is 0 Å². The Morgan fingerprint density at radius 2 is 0.750 bits per heavy atom. The number of hydrogen-bond acceptors (Lipinski definition) is 10. The molecule has 1 amide bonds. The normalized spacial score (nSPS) is 18.4. The van der Waals surface area contributed by atoms with Crippen LogP contribution >= 0.6 is 0 Å². The molecule has 92 heavy (non-hydrogen) atoms. The molecule has 1 aliphatic heterocycles. The van der Waals surface area contributed by atoms with Gasteiger partial charge in [0.2, 0.25) is 5.91 Å². The Hall–Kier alpha value is -3.16. The van der Waals surface area contributed by atoms with Crippen molar-refractivity contribution in [2.45, 2.75) is 404 Å². The third-order valence-corrected chi connectivity index (χ3v) is 18.0. The minimum absolute atomic E-state index is 0.122. The maximum absolute atomic E-state index is 13.5. The number of ether oxygens (including phenoxy) is 3. The molecule has 8 unspecified atom stereocenters. The van der Waals surface area contributed by atoms with E-state index in [1.165, 1.54) is 218 Å². The maximum Gasteiger partial charge on any atom is 0.306 e. The molecule has 1 aliphatic rings. The van der Waals surface area contributed by atoms with Crippen molar-refractivity contribution in [1.29, 1.82) is 0 Å². The largest absolute Gasteiger partial charge is 0.454 e. The van der Waals surface area contributed by atoms with Crippen molar-refractivity contribution in [3.63, 3.8) is 0 Å². The molecule has 11 nitrogen and oxygen atoms in total. The fraction of sp³-hybridized carbons (Fsp3) is 0.802. The second-order valence-corrected chi connectivity index (χ2v) is 26.7. The van der Waals surface area contributed by atoms with Crippen LogP contribution in [0.25, 0.3) is 0 Å². The highest BCUT2D eigenvalue weighted by Gasteiger charge is 2.47. The zero-order valence-corrected chi connectivity index (χ0v) is 59.7. The standard InChI is InChI=1S/C81H145NO10/c1-4-7-10-13-16-19-22-25-27-29-31-33-35-37-39-40-42-44-46-48-50-53-56-59-62-65-68-74(85)80(89)82-72(73(84)67-64-61-58-55-52-24-21-18-15-12-9-6-3)71-90-81-79(78(88)77(87)75(70-83)91-81)92-76(86)69-66-63-60-57-54-51-49-47-45-43-41-38-36-34-32-30-28-26-23-20-17-14-11-8-5-2/h16-17,19-20,25-28,31,33,37,39,64,67,72-75,77-79,81,83-85,87-88H,4-15,18,21-24,29-30,32,34-36,38,40-63,65-66,68-71H2,1-3H3,(H,82,89)/b19-16-,20-17-,27-25-,28-26-,33-31-,39-37-,67-64+. The van der Waals surface area contributed by atoms with Crippen molar-refractivity contribution >= 4 is 11.9 Å². The molecule has 0 aromatic rings. The lowest BCUT2D eigenvalue weighted by atomic mass is 9.99. The number of rotatable bonds is 67. The summed E-state index contributed by atoms with van der Waals surface area (Å²) in [6.07, 6.45) is 80.5. The Bertz CT molecular complexity index is 1830. The van der Waals surface area contributed by atoms with Crippen molar-refractivity contribution in [2.75, 3.05) is 13.2 Å². The molecule has 0 spiro atoms. The number of carbonyl (C=O) groups excluding carboxylic acids is 2. The number of esters is 1. The van der Waals surface area contributed by atoms with Gasteiger partial charge in [0.1, 0.15) is 24.4 Å². The Morgan fingerprint density at radius 3 is 1.14 bits per heavy atom. The van der Waals surface area contributed by atoms with Crippen molar-refractivity contribution in [3.8, 4) is 0 Å². The highest BCUT2D eigenvalue weighted by Crippen LogP contribution is 2.26. The molecule has 0 aliphatic carbocycles. The molecule has 0 radical (unpaired) electrons. The van der Waals surface area contributed by atoms with E-state index in [0.29, 0.717) is 12.8 Å². The van der Waals surface area contributed by atoms with Gasteiger partial charge in [0.15, 0.2) is 12.4 Å². The highest BCUT2D eigenvalue weighted by molar-refractivity contribution is 5.80. The molecule has 1 rings (SSSR count). The number of aliphatic hydroxyl groups excluding tert-OH is 5. The summed E-state index contributed by atoms with van der Waals surface area (Å²) in [7, 11) is 0. The lowest BCUT2D eigenvalue weighted by molar-refractivity contribution is -0.305. The van der Waals surface area contributed by atoms with Crippen LogP contribution in [-0.2, 0) is 23.8 Å². The summed E-state index contributed by atoms with van der Waals surface area (Å²) >= 11 is 0. The Labute approximate surface area is 565 Å². The number of aliphatic hydroxyl groups is 5. The quantitative estimate of drug-likeness (QED) is 0.0195. The van der Waals surface area contributed by atoms with Gasteiger partial charge in [-0.3, -0.25) is 9.59 Å². The number of hydrogen-bond donors (Lipinski definition) is 6. The van der Waals surface area contributed by atoms with Gasteiger partial charge in [0.05, 0.1) is 25.4 Å². The Morgan fingerprint density at radius 1 is 0.424 bits per heavy atom. The van der Waals surface area contributed by atoms with E-state index >= 15 is 0 Å². The van der Waals surface area contributed by atoms with Crippen LogP contribution in [0.15, 0.2) is 85.1 Å². The fourth-order valence-corrected chi connectivity index (χ4v) is 11.9. The number of nitrogens with one attached hydrogen (secondary N) is 1. The number of unbranched alkanes of at least 4 members (excludes halogenated alkanes) is 41. The molecule has 0 aromatic carbocycles. The summed E-state index contributed by atoms with van der Waals surface area (Å²) in [5.74, 6) is -1.19. The van der Waals surface area contributed by atoms with Gasteiger partial charge >= 0.3 is 5.97 Å². The molecule has 1 heterocycles. The fourth-order valence-electron chi connectivity index (χ4n) is 11.9. The lowest BCUT2D eigenvalue weighted by Crippen LogP contribution is -2.61. The van der Waals surface area contributed by atoms with Crippen molar-refractivity contribution < 1.29 is 49.3 Å². The maximum atomic E-state index is 13.5. The number of allylic oxidation sites excluding steroid dienone is 13. The first-order valence-electron chi connectivity index (χ1n) is 38.9. The Kier molecular flexibility index (Phi) is 64.0. The predicted molar refractivity (Wildman–Crippen MR) is 389 cm³/mol. The second-order valence-electron chi connectivity index (χ2n) is 26.7. The molecule has 1 fully saturated rings. The molecule has 8 atom stereocenters. The van der Waals surface area contributed by atoms with Crippen LogP contribution in [0.3, 0.4) is 0 Å². The monoisotopic (exact) mass is 1290 g/mol. The minimum Gasteiger partial charge on any atom is -0.454 e. The first-order chi connectivity index (χ1) is 45.2. The molecule has 0 aromatic heterocycles. The third-order valence-electron chi connectivity index (χ3n) is 18.0. The number of carbonyl (C=O) groups is 2. The van der Waals surface area contributed by atoms with Gasteiger partial charge in [-0.1, -0.05) is 331 Å². The predicted octanol–water partition coefficient (Wildman–Crippen LogP) is 20.8. The molecule has 6 N–H and O–H groups in total. The SMILES string of the molecule is CCCCC/C=C\C/C=C\C/C=C\C/C=C\CCCCCCCCCCCCC(O)C(=O)NC(COC1OC(CO)C(O)C(O)C1OC(=O)CCCCCCCCCCCCCCCCC/C=C\C/C=C\CCCCC)C(O)/C=C/CCCCCCCCCCCC. The summed E-state index contributed by atoms with van der Waals surface area (Å²) in [6.45, 7) is 5.78. The molecule has 1 saturated heterocycles. The topological polar surface area (TPSA) is 175 Å². The van der Waals surface area contributed by atoms with E-state index in [1.807, 2.05) is 6.08 Å². The van der Waals surface area contributed by atoms with Gasteiger partial charge in [0.25, 0.3) is 0 Å². The first-order valence-corrected chi connectivity index (χ1v) is 38.9. The van der Waals surface area contributed by atoms with Gasteiger partial charge in [-0.15, -0.1) is 0 Å². The van der Waals surface area contributed by atoms with Crippen LogP contribution in [0.4, 0.5) is 0 Å². The van der Waals surface area contributed by atoms with E-state index in [-0.39, 0.29) is 19.4 Å². The molecular weight excluding hydrogens is 1150 g/mol. The van der Waals surface area contributed by atoms with Gasteiger partial charge in [0, 0.05) is 6.42 Å². The van der Waals surface area contributed by atoms with E-state index in [4.69, 9.17) is 14.2 Å². The molecular formula is C81H145NO10. The number of amides is 1. The van der Waals surface area contributed by atoms with Gasteiger partial charge in [-0.2, -0.15) is 0 Å². The molecule has 11 heteroatoms. The van der Waals surface area contributed by atoms with Gasteiger partial charge in [-0.05, 0) is 103 Å². The summed E-state index contributed by atoms with van der Waals surface area (Å²) in [4.78, 5) is 26.8. The minimum atomic E-state index is -1.62. The summed E-state index contributed by atoms with van der Waals surface area (Å²) < 4.78 is 17.7. The summed E-state index contributed by atoms with van der Waals surface area (Å²) in [6, 6.07) is -1.03. The van der Waals surface area contributed by atoms with Gasteiger partial charge < -0.3 is 45.1 Å². The van der Waals surface area contributed by atoms with Crippen molar-refractivity contribution in [3.05, 3.63) is 85.1 Å². The first kappa shape index (κ1) is 86.9. The zero-order chi connectivity index (χ0) is 66.7. The van der Waals surface area contributed by atoms with E-state index < -0.39 is 67.4 Å². The van der Waals surface area contributed by atoms with Crippen LogP contribution in [0.2, 0.25) is 0 Å². The highest BCUT2D eigenvalue weighted by atomic mass is 16.7. The second kappa shape index (κ2) is 67.8. The summed E-state index contributed by atoms with van der Waals surface area (Å²) in [5, 5.41) is 57.4. The van der Waals surface area contributed by atoms with Crippen molar-refractivity contribution in [1.82, 2.24) is 5.32 Å². The van der Waals surface area contributed by atoms with Crippen LogP contribution in [0, 0.1) is 0 Å². The lowest BCUT2D eigenvalue weighted by Gasteiger charge is -2.41. The average Bonchev–Trinajstić information content (AvgIpc) is 0.881. The smallest absolute Gasteiger partial charge is 0.306 e. The molecule has 0 saturated carbocycles. The van der Waals surface area contributed by atoms with E-state index in [2.05, 4.69) is 99.0 Å². The Balaban J connectivity index is 2.52. The van der Waals surface area contributed by atoms with Crippen LogP contribution < -0.4 is 5.32 Å². The van der Waals surface area contributed by atoms with Crippen LogP contribution in [0.5, 0.6) is 0 Å². The third kappa shape index (κ3) is 54.0. The van der Waals surface area contributed by atoms with E-state index in [9.17, 15) is 35.1 Å². The van der Waals surface area contributed by atoms with Gasteiger partial charge in [-0.25, -0.2) is 0 Å².